The minimum absolute atomic E-state index is 0.174. The molecular weight excluding hydrogens is 380 g/mol. The van der Waals surface area contributed by atoms with E-state index in [1.54, 1.807) is 16.7 Å². The van der Waals surface area contributed by atoms with Gasteiger partial charge in [0.05, 0.1) is 0 Å². The predicted molar refractivity (Wildman–Crippen MR) is 112 cm³/mol. The van der Waals surface area contributed by atoms with E-state index in [1.807, 2.05) is 0 Å². The van der Waals surface area contributed by atoms with Crippen LogP contribution < -0.4 is 0 Å². The van der Waals surface area contributed by atoms with Crippen molar-refractivity contribution in [1.82, 2.24) is 0 Å². The highest BCUT2D eigenvalue weighted by molar-refractivity contribution is 9.09. The third-order valence-electron chi connectivity index (χ3n) is 6.78. The van der Waals surface area contributed by atoms with Crippen molar-refractivity contribution < 1.29 is 0 Å². The molecule has 26 heavy (non-hydrogen) atoms. The lowest BCUT2D eigenvalue weighted by atomic mass is 9.50. The monoisotopic (exact) mass is 402 g/mol. The molecule has 0 unspecified atom stereocenters. The van der Waals surface area contributed by atoms with Gasteiger partial charge in [-0.15, -0.1) is 0 Å². The van der Waals surface area contributed by atoms with Crippen molar-refractivity contribution in [3.8, 4) is 0 Å². The molecule has 0 radical (unpaired) electrons. The van der Waals surface area contributed by atoms with Crippen LogP contribution in [0.3, 0.4) is 0 Å². The third-order valence-corrected chi connectivity index (χ3v) is 7.43. The van der Waals surface area contributed by atoms with Crippen molar-refractivity contribution in [3.63, 3.8) is 0 Å². The van der Waals surface area contributed by atoms with Crippen molar-refractivity contribution in [2.45, 2.75) is 30.6 Å². The second-order valence-corrected chi connectivity index (χ2v) is 8.51. The molecule has 1 heteroatoms. The summed E-state index contributed by atoms with van der Waals surface area (Å²) in [6, 6.07) is 29.5. The van der Waals surface area contributed by atoms with Gasteiger partial charge < -0.3 is 0 Å². The normalized spacial score (nSPS) is 26.5. The van der Waals surface area contributed by atoms with Crippen molar-refractivity contribution in [2.24, 2.45) is 5.92 Å². The zero-order valence-corrected chi connectivity index (χ0v) is 16.5. The summed E-state index contributed by atoms with van der Waals surface area (Å²) in [6.45, 7) is 0. The number of alkyl halides is 1. The van der Waals surface area contributed by atoms with Gasteiger partial charge in [-0.05, 0) is 53.0 Å². The summed E-state index contributed by atoms with van der Waals surface area (Å²) < 4.78 is 0. The summed E-state index contributed by atoms with van der Waals surface area (Å²) in [6.07, 6.45) is 3.51. The summed E-state index contributed by atoms with van der Waals surface area (Å²) >= 11 is 3.92. The Balaban J connectivity index is 1.76. The highest BCUT2D eigenvalue weighted by Gasteiger charge is 2.52. The second kappa shape index (κ2) is 6.39. The van der Waals surface area contributed by atoms with Crippen molar-refractivity contribution in [1.29, 1.82) is 0 Å². The Morgan fingerprint density at radius 2 is 1.35 bits per heavy atom. The van der Waals surface area contributed by atoms with E-state index in [4.69, 9.17) is 0 Å². The van der Waals surface area contributed by atoms with Crippen molar-refractivity contribution in [2.75, 3.05) is 5.33 Å². The molecule has 0 saturated carbocycles. The van der Waals surface area contributed by atoms with Crippen molar-refractivity contribution in [3.05, 3.63) is 107 Å². The maximum atomic E-state index is 3.92. The van der Waals surface area contributed by atoms with E-state index in [1.165, 1.54) is 24.0 Å². The quantitative estimate of drug-likeness (QED) is 0.456. The lowest BCUT2D eigenvalue weighted by Crippen LogP contribution is -2.51. The van der Waals surface area contributed by atoms with Gasteiger partial charge in [-0.1, -0.05) is 94.8 Å². The van der Waals surface area contributed by atoms with Crippen LogP contribution in [-0.4, -0.2) is 5.33 Å². The minimum Gasteiger partial charge on any atom is -0.0921 e. The Hall–Kier alpha value is -1.86. The zero-order valence-electron chi connectivity index (χ0n) is 14.9. The lowest BCUT2D eigenvalue weighted by Gasteiger charge is -2.53. The summed E-state index contributed by atoms with van der Waals surface area (Å²) in [5.41, 5.74) is 7.87. The van der Waals surface area contributed by atoms with Crippen LogP contribution >= 0.6 is 15.9 Å². The fourth-order valence-electron chi connectivity index (χ4n) is 5.61. The SMILES string of the molecule is BrC[C@@H]1c2ccccc2C[C@@H]2Cc3ccccc3C[C@@]21c1ccccc1. The maximum Gasteiger partial charge on any atom is 0.0109 e. The average Bonchev–Trinajstić information content (AvgIpc) is 2.71. The molecule has 0 N–H and O–H groups in total. The van der Waals surface area contributed by atoms with Gasteiger partial charge in [0.15, 0.2) is 0 Å². The van der Waals surface area contributed by atoms with Crippen LogP contribution in [0.15, 0.2) is 78.9 Å². The predicted octanol–water partition coefficient (Wildman–Crippen LogP) is 6.07. The highest BCUT2D eigenvalue weighted by Crippen LogP contribution is 2.56. The van der Waals surface area contributed by atoms with Gasteiger partial charge in [0.1, 0.15) is 0 Å². The molecule has 0 amide bonds. The zero-order chi connectivity index (χ0) is 17.6. The van der Waals surface area contributed by atoms with Gasteiger partial charge >= 0.3 is 0 Å². The van der Waals surface area contributed by atoms with Crippen LogP contribution in [-0.2, 0) is 24.7 Å². The Morgan fingerprint density at radius 1 is 0.731 bits per heavy atom. The van der Waals surface area contributed by atoms with Gasteiger partial charge in [0.25, 0.3) is 0 Å². The molecule has 0 bridgehead atoms. The van der Waals surface area contributed by atoms with Crippen LogP contribution in [0.5, 0.6) is 0 Å². The van der Waals surface area contributed by atoms with Crippen LogP contribution in [0.4, 0.5) is 0 Å². The topological polar surface area (TPSA) is 0 Å². The van der Waals surface area contributed by atoms with E-state index in [0.717, 1.165) is 11.8 Å². The Labute approximate surface area is 164 Å². The number of hydrogen-bond donors (Lipinski definition) is 0. The molecule has 5 rings (SSSR count). The van der Waals surface area contributed by atoms with E-state index < -0.39 is 0 Å². The molecule has 3 atom stereocenters. The second-order valence-electron chi connectivity index (χ2n) is 7.86. The molecule has 0 spiro atoms. The molecule has 0 aliphatic heterocycles. The number of halogens is 1. The summed E-state index contributed by atoms with van der Waals surface area (Å²) in [5, 5.41) is 1.01. The molecule has 0 saturated heterocycles. The van der Waals surface area contributed by atoms with Gasteiger partial charge in [-0.3, -0.25) is 0 Å². The molecule has 3 aromatic rings. The smallest absolute Gasteiger partial charge is 0.0109 e. The average molecular weight is 403 g/mol. The van der Waals surface area contributed by atoms with E-state index >= 15 is 0 Å². The fraction of sp³-hybridized carbons (Fsp3) is 0.280. The van der Waals surface area contributed by atoms with Crippen LogP contribution in [0, 0.1) is 5.92 Å². The Morgan fingerprint density at radius 3 is 2.12 bits per heavy atom. The summed E-state index contributed by atoms with van der Waals surface area (Å²) in [5.74, 6) is 1.16. The van der Waals surface area contributed by atoms with Gasteiger partial charge in [-0.25, -0.2) is 0 Å². The van der Waals surface area contributed by atoms with Crippen molar-refractivity contribution >= 4 is 15.9 Å². The molecule has 2 aliphatic carbocycles. The fourth-order valence-corrected chi connectivity index (χ4v) is 6.54. The van der Waals surface area contributed by atoms with E-state index in [2.05, 4.69) is 94.8 Å². The lowest BCUT2D eigenvalue weighted by molar-refractivity contribution is 0.190. The summed E-state index contributed by atoms with van der Waals surface area (Å²) in [4.78, 5) is 0. The molecular formula is C25H23Br. The minimum atomic E-state index is 0.174. The number of rotatable bonds is 2. The molecule has 3 aromatic carbocycles. The first-order chi connectivity index (χ1) is 12.8. The van der Waals surface area contributed by atoms with E-state index in [-0.39, 0.29) is 5.41 Å². The highest BCUT2D eigenvalue weighted by atomic mass is 79.9. The molecule has 0 heterocycles. The number of fused-ring (bicyclic) bond motifs is 3. The first kappa shape index (κ1) is 16.3. The van der Waals surface area contributed by atoms with E-state index in [9.17, 15) is 0 Å². The first-order valence-corrected chi connectivity index (χ1v) is 10.7. The Kier molecular flexibility index (Phi) is 4.01. The van der Waals surface area contributed by atoms with Gasteiger partial charge in [0, 0.05) is 16.7 Å². The standard InChI is InChI=1S/C25H23Br/c26-17-24-23-13-7-6-9-19(23)15-22-14-18-8-4-5-10-20(18)16-25(22,24)21-11-2-1-3-12-21/h1-13,22,24H,14-17H2/t22-,24+,25+/m0/s1. The molecule has 130 valence electrons. The van der Waals surface area contributed by atoms with E-state index in [0.29, 0.717) is 11.8 Å². The largest absolute Gasteiger partial charge is 0.0921 e. The first-order valence-electron chi connectivity index (χ1n) is 9.59. The van der Waals surface area contributed by atoms with Crippen LogP contribution in [0.25, 0.3) is 0 Å². The van der Waals surface area contributed by atoms with Crippen LogP contribution in [0.2, 0.25) is 0 Å². The van der Waals surface area contributed by atoms with Gasteiger partial charge in [-0.2, -0.15) is 0 Å². The molecule has 0 fully saturated rings. The van der Waals surface area contributed by atoms with Crippen LogP contribution in [0.1, 0.15) is 33.7 Å². The third kappa shape index (κ3) is 2.33. The number of benzene rings is 3. The molecule has 0 nitrogen and oxygen atoms in total. The summed E-state index contributed by atoms with van der Waals surface area (Å²) in [7, 11) is 0. The molecule has 2 aliphatic rings. The van der Waals surface area contributed by atoms with Gasteiger partial charge in [0.2, 0.25) is 0 Å². The number of hydrogen-bond acceptors (Lipinski definition) is 0. The maximum absolute atomic E-state index is 3.92. The molecule has 0 aromatic heterocycles. The Bertz CT molecular complexity index is 930.